The second-order valence-electron chi connectivity index (χ2n) is 5.42. The van der Waals surface area contributed by atoms with Crippen molar-refractivity contribution in [1.82, 2.24) is 9.62 Å². The van der Waals surface area contributed by atoms with Crippen molar-refractivity contribution >= 4 is 10.0 Å². The molecule has 0 radical (unpaired) electrons. The summed E-state index contributed by atoms with van der Waals surface area (Å²) < 4.78 is 25.9. The summed E-state index contributed by atoms with van der Waals surface area (Å²) in [6.07, 6.45) is 2.80. The third kappa shape index (κ3) is 2.57. The molecule has 2 atom stereocenters. The van der Waals surface area contributed by atoms with Gasteiger partial charge in [0.1, 0.15) is 0 Å². The van der Waals surface area contributed by atoms with Crippen LogP contribution in [0.25, 0.3) is 0 Å². The van der Waals surface area contributed by atoms with Crippen LogP contribution in [0.15, 0.2) is 0 Å². The third-order valence-electron chi connectivity index (χ3n) is 3.55. The molecule has 0 spiro atoms. The first kappa shape index (κ1) is 12.3. The van der Waals surface area contributed by atoms with Gasteiger partial charge in [-0.15, -0.1) is 0 Å². The van der Waals surface area contributed by atoms with Gasteiger partial charge in [-0.25, -0.2) is 8.42 Å². The standard InChI is InChI=1S/C11H22N2O2S/c1-9(2)4-3-5-16(14,15)13-8-10-6-11(13)7-12-10/h9-12H,3-8H2,1-2H3/t10-,11-/m1/s1. The Morgan fingerprint density at radius 3 is 2.69 bits per heavy atom. The average molecular weight is 246 g/mol. The summed E-state index contributed by atoms with van der Waals surface area (Å²) in [4.78, 5) is 0. The number of rotatable bonds is 5. The Labute approximate surface area is 98.4 Å². The number of nitrogens with zero attached hydrogens (tertiary/aromatic N) is 1. The molecule has 0 saturated carbocycles. The fraction of sp³-hybridized carbons (Fsp3) is 1.00. The van der Waals surface area contributed by atoms with E-state index < -0.39 is 10.0 Å². The van der Waals surface area contributed by atoms with Gasteiger partial charge in [-0.1, -0.05) is 13.8 Å². The molecule has 0 unspecified atom stereocenters. The molecule has 2 aliphatic heterocycles. The van der Waals surface area contributed by atoms with E-state index in [0.717, 1.165) is 25.8 Å². The first-order valence-electron chi connectivity index (χ1n) is 6.22. The van der Waals surface area contributed by atoms with Gasteiger partial charge in [0.2, 0.25) is 10.0 Å². The van der Waals surface area contributed by atoms with Crippen LogP contribution in [0.3, 0.4) is 0 Å². The number of fused-ring (bicyclic) bond motifs is 2. The van der Waals surface area contributed by atoms with Crippen molar-refractivity contribution in [3.8, 4) is 0 Å². The maximum Gasteiger partial charge on any atom is 0.214 e. The predicted molar refractivity (Wildman–Crippen MR) is 64.8 cm³/mol. The lowest BCUT2D eigenvalue weighted by atomic mass is 10.1. The molecule has 1 N–H and O–H groups in total. The lowest BCUT2D eigenvalue weighted by Crippen LogP contribution is -2.47. The van der Waals surface area contributed by atoms with Gasteiger partial charge in [0.15, 0.2) is 0 Å². The zero-order valence-electron chi connectivity index (χ0n) is 10.1. The second-order valence-corrected chi connectivity index (χ2v) is 7.46. The topological polar surface area (TPSA) is 49.4 Å². The monoisotopic (exact) mass is 246 g/mol. The van der Waals surface area contributed by atoms with Crippen LogP contribution >= 0.6 is 0 Å². The summed E-state index contributed by atoms with van der Waals surface area (Å²) in [6.45, 7) is 5.80. The van der Waals surface area contributed by atoms with E-state index in [1.54, 1.807) is 4.31 Å². The highest BCUT2D eigenvalue weighted by Gasteiger charge is 2.43. The van der Waals surface area contributed by atoms with E-state index in [0.29, 0.717) is 24.3 Å². The van der Waals surface area contributed by atoms with E-state index in [1.165, 1.54) is 0 Å². The molecule has 2 heterocycles. The smallest absolute Gasteiger partial charge is 0.214 e. The van der Waals surface area contributed by atoms with Gasteiger partial charge in [-0.3, -0.25) is 0 Å². The van der Waals surface area contributed by atoms with Crippen LogP contribution in [0.4, 0.5) is 0 Å². The number of hydrogen-bond acceptors (Lipinski definition) is 3. The number of sulfonamides is 1. The van der Waals surface area contributed by atoms with Crippen molar-refractivity contribution in [2.75, 3.05) is 18.8 Å². The van der Waals surface area contributed by atoms with Crippen molar-refractivity contribution in [2.24, 2.45) is 5.92 Å². The van der Waals surface area contributed by atoms with Gasteiger partial charge in [-0.05, 0) is 25.2 Å². The zero-order chi connectivity index (χ0) is 11.8. The van der Waals surface area contributed by atoms with Gasteiger partial charge >= 0.3 is 0 Å². The molecule has 16 heavy (non-hydrogen) atoms. The largest absolute Gasteiger partial charge is 0.311 e. The van der Waals surface area contributed by atoms with Gasteiger partial charge < -0.3 is 5.32 Å². The summed E-state index contributed by atoms with van der Waals surface area (Å²) in [5, 5.41) is 3.33. The SMILES string of the molecule is CC(C)CCCS(=O)(=O)N1C[C@H]2C[C@@H]1CN2. The first-order chi connectivity index (χ1) is 7.49. The van der Waals surface area contributed by atoms with E-state index in [-0.39, 0.29) is 6.04 Å². The highest BCUT2D eigenvalue weighted by Crippen LogP contribution is 2.26. The minimum absolute atomic E-state index is 0.231. The summed E-state index contributed by atoms with van der Waals surface area (Å²) in [6, 6.07) is 0.638. The minimum Gasteiger partial charge on any atom is -0.311 e. The van der Waals surface area contributed by atoms with Crippen LogP contribution in [0.1, 0.15) is 33.1 Å². The molecule has 2 saturated heterocycles. The Morgan fingerprint density at radius 1 is 1.44 bits per heavy atom. The highest BCUT2D eigenvalue weighted by atomic mass is 32.2. The molecule has 0 aromatic heterocycles. The van der Waals surface area contributed by atoms with Crippen molar-refractivity contribution in [1.29, 1.82) is 0 Å². The van der Waals surface area contributed by atoms with E-state index in [2.05, 4.69) is 19.2 Å². The Bertz CT molecular complexity index is 340. The molecule has 4 nitrogen and oxygen atoms in total. The second kappa shape index (κ2) is 4.63. The number of piperazine rings is 1. The predicted octanol–water partition coefficient (Wildman–Crippen LogP) is 0.798. The van der Waals surface area contributed by atoms with E-state index in [9.17, 15) is 8.42 Å². The fourth-order valence-electron chi connectivity index (χ4n) is 2.65. The molecule has 2 aliphatic rings. The molecule has 94 valence electrons. The normalized spacial score (nSPS) is 30.4. The fourth-order valence-corrected chi connectivity index (χ4v) is 4.44. The Kier molecular flexibility index (Phi) is 3.56. The summed E-state index contributed by atoms with van der Waals surface area (Å²) >= 11 is 0. The molecular formula is C11H22N2O2S. The summed E-state index contributed by atoms with van der Waals surface area (Å²) in [5.74, 6) is 0.917. The van der Waals surface area contributed by atoms with Crippen LogP contribution < -0.4 is 5.32 Å². The van der Waals surface area contributed by atoms with Crippen molar-refractivity contribution in [2.45, 2.75) is 45.2 Å². The summed E-state index contributed by atoms with van der Waals surface area (Å²) in [5.41, 5.74) is 0. The molecule has 5 heteroatoms. The maximum absolute atomic E-state index is 12.1. The van der Waals surface area contributed by atoms with E-state index >= 15 is 0 Å². The van der Waals surface area contributed by atoms with E-state index in [1.807, 2.05) is 0 Å². The quantitative estimate of drug-likeness (QED) is 0.780. The van der Waals surface area contributed by atoms with Crippen molar-refractivity contribution < 1.29 is 8.42 Å². The highest BCUT2D eigenvalue weighted by molar-refractivity contribution is 7.89. The Hall–Kier alpha value is -0.130. The Balaban J connectivity index is 1.88. The van der Waals surface area contributed by atoms with Crippen molar-refractivity contribution in [3.05, 3.63) is 0 Å². The van der Waals surface area contributed by atoms with Gasteiger partial charge in [0.05, 0.1) is 5.75 Å². The molecule has 0 amide bonds. The molecule has 0 aliphatic carbocycles. The van der Waals surface area contributed by atoms with Crippen LogP contribution in [0.5, 0.6) is 0 Å². The molecule has 0 aromatic carbocycles. The van der Waals surface area contributed by atoms with E-state index in [4.69, 9.17) is 0 Å². The van der Waals surface area contributed by atoms with Gasteiger partial charge in [-0.2, -0.15) is 4.31 Å². The van der Waals surface area contributed by atoms with Crippen LogP contribution in [0, 0.1) is 5.92 Å². The Morgan fingerprint density at radius 2 is 2.19 bits per heavy atom. The number of hydrogen-bond donors (Lipinski definition) is 1. The molecule has 2 bridgehead atoms. The van der Waals surface area contributed by atoms with Crippen LogP contribution in [-0.4, -0.2) is 43.6 Å². The lowest BCUT2D eigenvalue weighted by molar-refractivity contribution is 0.348. The third-order valence-corrected chi connectivity index (χ3v) is 5.51. The molecule has 0 aromatic rings. The van der Waals surface area contributed by atoms with Gasteiger partial charge in [0.25, 0.3) is 0 Å². The average Bonchev–Trinajstić information content (AvgIpc) is 2.77. The van der Waals surface area contributed by atoms with Gasteiger partial charge in [0, 0.05) is 25.2 Å². The maximum atomic E-state index is 12.1. The zero-order valence-corrected chi connectivity index (χ0v) is 11.0. The lowest BCUT2D eigenvalue weighted by Gasteiger charge is -2.26. The molecule has 2 fully saturated rings. The van der Waals surface area contributed by atoms with Crippen molar-refractivity contribution in [3.63, 3.8) is 0 Å². The summed E-state index contributed by atoms with van der Waals surface area (Å²) in [7, 11) is -2.99. The van der Waals surface area contributed by atoms with Crippen LogP contribution in [0.2, 0.25) is 0 Å². The first-order valence-corrected chi connectivity index (χ1v) is 7.83. The minimum atomic E-state index is -2.99. The number of nitrogens with one attached hydrogen (secondary N) is 1. The van der Waals surface area contributed by atoms with Crippen LogP contribution in [-0.2, 0) is 10.0 Å². The molecule has 2 rings (SSSR count). The molecular weight excluding hydrogens is 224 g/mol.